The number of aromatic nitrogens is 3. The Morgan fingerprint density at radius 1 is 0.270 bits per heavy atom. The molecule has 0 atom stereocenters. The van der Waals surface area contributed by atoms with Crippen LogP contribution in [0, 0.1) is 0 Å². The molecule has 0 amide bonds. The van der Waals surface area contributed by atoms with Crippen LogP contribution >= 0.6 is 11.3 Å². The molecule has 4 heteroatoms. The van der Waals surface area contributed by atoms with Gasteiger partial charge in [-0.25, -0.2) is 15.0 Å². The zero-order chi connectivity index (χ0) is 41.7. The first-order chi connectivity index (χ1) is 31.2. The average Bonchev–Trinajstić information content (AvgIpc) is 3.76. The summed E-state index contributed by atoms with van der Waals surface area (Å²) in [5, 5.41) is 6.15. The van der Waals surface area contributed by atoms with Crippen LogP contribution in [0.1, 0.15) is 0 Å². The summed E-state index contributed by atoms with van der Waals surface area (Å²) in [6, 6.07) is 79.7. The highest BCUT2D eigenvalue weighted by molar-refractivity contribution is 7.26. The van der Waals surface area contributed by atoms with Crippen LogP contribution in [0.4, 0.5) is 0 Å². The van der Waals surface area contributed by atoms with Gasteiger partial charge in [0.05, 0.1) is 22.6 Å². The Labute approximate surface area is 369 Å². The molecule has 0 radical (unpaired) electrons. The molecular formula is C59H37N3S. The summed E-state index contributed by atoms with van der Waals surface area (Å²) in [7, 11) is 0. The number of nitrogens with zero attached hydrogens (tertiary/aromatic N) is 3. The van der Waals surface area contributed by atoms with Crippen LogP contribution in [-0.2, 0) is 0 Å². The predicted molar refractivity (Wildman–Crippen MR) is 266 cm³/mol. The van der Waals surface area contributed by atoms with Gasteiger partial charge in [0.1, 0.15) is 0 Å². The molecule has 0 saturated carbocycles. The maximum absolute atomic E-state index is 5.33. The molecule has 12 aromatic rings. The largest absolute Gasteiger partial charge is 0.247 e. The molecule has 0 aliphatic heterocycles. The first-order valence-electron chi connectivity index (χ1n) is 21.2. The van der Waals surface area contributed by atoms with Gasteiger partial charge in [0.15, 0.2) is 5.82 Å². The van der Waals surface area contributed by atoms with Crippen molar-refractivity contribution >= 4 is 53.2 Å². The van der Waals surface area contributed by atoms with Gasteiger partial charge >= 0.3 is 0 Å². The molecule has 0 aliphatic rings. The molecule has 0 bridgehead atoms. The van der Waals surface area contributed by atoms with Gasteiger partial charge in [-0.15, -0.1) is 11.3 Å². The summed E-state index contributed by atoms with van der Waals surface area (Å²) in [5.74, 6) is 0.686. The number of fused-ring (bicyclic) bond motifs is 7. The molecule has 63 heavy (non-hydrogen) atoms. The smallest absolute Gasteiger partial charge is 0.160 e. The summed E-state index contributed by atoms with van der Waals surface area (Å²) < 4.78 is 2.58. The molecule has 0 aliphatic carbocycles. The van der Waals surface area contributed by atoms with Crippen LogP contribution in [-0.4, -0.2) is 15.0 Å². The number of hydrogen-bond acceptors (Lipinski definition) is 4. The lowest BCUT2D eigenvalue weighted by molar-refractivity contribution is 1.18. The highest BCUT2D eigenvalue weighted by Crippen LogP contribution is 2.44. The topological polar surface area (TPSA) is 38.7 Å². The van der Waals surface area contributed by atoms with Crippen molar-refractivity contribution in [2.24, 2.45) is 0 Å². The van der Waals surface area contributed by atoms with E-state index >= 15 is 0 Å². The second-order valence-corrected chi connectivity index (χ2v) is 17.0. The second-order valence-electron chi connectivity index (χ2n) is 16.0. The van der Waals surface area contributed by atoms with Crippen molar-refractivity contribution in [3.05, 3.63) is 224 Å². The van der Waals surface area contributed by atoms with Gasteiger partial charge in [-0.2, -0.15) is 0 Å². The van der Waals surface area contributed by atoms with Gasteiger partial charge in [0.2, 0.25) is 0 Å². The van der Waals surface area contributed by atoms with E-state index in [1.807, 2.05) is 17.4 Å². The highest BCUT2D eigenvalue weighted by Gasteiger charge is 2.18. The molecule has 0 unspecified atom stereocenters. The minimum atomic E-state index is 0.686. The Morgan fingerprint density at radius 2 is 0.794 bits per heavy atom. The Hall–Kier alpha value is -8.05. The summed E-state index contributed by atoms with van der Waals surface area (Å²) in [6.07, 6.45) is 0. The first-order valence-corrected chi connectivity index (χ1v) is 22.1. The summed E-state index contributed by atoms with van der Waals surface area (Å²) >= 11 is 1.85. The van der Waals surface area contributed by atoms with E-state index in [9.17, 15) is 0 Å². The molecule has 3 nitrogen and oxygen atoms in total. The van der Waals surface area contributed by atoms with Crippen molar-refractivity contribution in [3.8, 4) is 78.5 Å². The van der Waals surface area contributed by atoms with Gasteiger partial charge in [-0.1, -0.05) is 182 Å². The minimum Gasteiger partial charge on any atom is -0.247 e. The fraction of sp³-hybridized carbons (Fsp3) is 0. The fourth-order valence-corrected chi connectivity index (χ4v) is 10.1. The zero-order valence-electron chi connectivity index (χ0n) is 34.1. The van der Waals surface area contributed by atoms with Crippen molar-refractivity contribution < 1.29 is 0 Å². The van der Waals surface area contributed by atoms with Crippen LogP contribution in [0.15, 0.2) is 224 Å². The van der Waals surface area contributed by atoms with Crippen LogP contribution in [0.2, 0.25) is 0 Å². The van der Waals surface area contributed by atoms with Crippen molar-refractivity contribution in [1.82, 2.24) is 15.0 Å². The molecule has 3 aromatic heterocycles. The zero-order valence-corrected chi connectivity index (χ0v) is 34.9. The lowest BCUT2D eigenvalue weighted by Gasteiger charge is -2.14. The third-order valence-electron chi connectivity index (χ3n) is 12.1. The maximum atomic E-state index is 5.33. The molecule has 0 N–H and O–H groups in total. The monoisotopic (exact) mass is 819 g/mol. The van der Waals surface area contributed by atoms with Gasteiger partial charge in [0.25, 0.3) is 0 Å². The van der Waals surface area contributed by atoms with Crippen molar-refractivity contribution in [1.29, 1.82) is 0 Å². The Kier molecular flexibility index (Phi) is 9.02. The Balaban J connectivity index is 0.987. The summed E-state index contributed by atoms with van der Waals surface area (Å²) in [6.45, 7) is 0. The molecule has 0 fully saturated rings. The number of thiophene rings is 1. The summed E-state index contributed by atoms with van der Waals surface area (Å²) in [4.78, 5) is 15.8. The van der Waals surface area contributed by atoms with Crippen LogP contribution in [0.25, 0.3) is 120 Å². The van der Waals surface area contributed by atoms with Crippen LogP contribution in [0.3, 0.4) is 0 Å². The number of hydrogen-bond donors (Lipinski definition) is 0. The van der Waals surface area contributed by atoms with Gasteiger partial charge < -0.3 is 0 Å². The standard InChI is InChI=1S/C59H37N3S/c1-4-14-38(15-5-1)43-20-12-22-46(34-43)53-37-52(61-59(62-53)47-23-13-21-44(35-47)39-16-6-2-7-17-39)41-28-26-40(27-29-41)45-30-32-51-50(36-45)56-49(58(60-51)42-18-8-3-9-19-42)31-33-55-57(56)48-24-10-11-25-54(48)63-55/h1-37H. The molecule has 3 heterocycles. The Morgan fingerprint density at radius 3 is 1.51 bits per heavy atom. The van der Waals surface area contributed by atoms with E-state index in [2.05, 4.69) is 218 Å². The van der Waals surface area contributed by atoms with Crippen molar-refractivity contribution in [2.75, 3.05) is 0 Å². The van der Waals surface area contributed by atoms with Gasteiger partial charge in [-0.3, -0.25) is 0 Å². The maximum Gasteiger partial charge on any atom is 0.160 e. The number of rotatable bonds is 7. The lowest BCUT2D eigenvalue weighted by atomic mass is 9.94. The van der Waals surface area contributed by atoms with E-state index in [4.69, 9.17) is 15.0 Å². The van der Waals surface area contributed by atoms with Gasteiger partial charge in [-0.05, 0) is 75.8 Å². The van der Waals surface area contributed by atoms with E-state index < -0.39 is 0 Å². The normalized spacial score (nSPS) is 11.5. The van der Waals surface area contributed by atoms with E-state index in [1.54, 1.807) is 0 Å². The third kappa shape index (κ3) is 6.74. The number of benzene rings is 9. The molecular weight excluding hydrogens is 783 g/mol. The molecule has 0 saturated heterocycles. The molecule has 9 aromatic carbocycles. The average molecular weight is 820 g/mol. The van der Waals surface area contributed by atoms with Crippen LogP contribution in [0.5, 0.6) is 0 Å². The molecule has 0 spiro atoms. The van der Waals surface area contributed by atoms with Gasteiger partial charge in [0, 0.05) is 58.6 Å². The first kappa shape index (κ1) is 36.8. The van der Waals surface area contributed by atoms with Crippen LogP contribution < -0.4 is 0 Å². The highest BCUT2D eigenvalue weighted by atomic mass is 32.1. The summed E-state index contributed by atoms with van der Waals surface area (Å²) in [5.41, 5.74) is 14.7. The third-order valence-corrected chi connectivity index (χ3v) is 13.2. The SMILES string of the molecule is c1ccc(-c2cccc(-c3cc(-c4ccc(-c5ccc6nc(-c7ccccc7)c7ccc8sc9ccccc9c8c7c6c5)cc4)nc(-c4cccc(-c5ccccc5)c4)n3)c2)cc1. The van der Waals surface area contributed by atoms with Crippen molar-refractivity contribution in [3.63, 3.8) is 0 Å². The molecule has 12 rings (SSSR count). The molecule has 294 valence electrons. The minimum absolute atomic E-state index is 0.686. The fourth-order valence-electron chi connectivity index (χ4n) is 8.97. The number of pyridine rings is 1. The lowest BCUT2D eigenvalue weighted by Crippen LogP contribution is -1.96. The Bertz CT molecular complexity index is 3550. The second kappa shape index (κ2) is 15.4. The van der Waals surface area contributed by atoms with E-state index in [1.165, 1.54) is 31.1 Å². The van der Waals surface area contributed by atoms with E-state index in [0.29, 0.717) is 5.82 Å². The van der Waals surface area contributed by atoms with E-state index in [0.717, 1.165) is 83.4 Å². The van der Waals surface area contributed by atoms with E-state index in [-0.39, 0.29) is 0 Å². The van der Waals surface area contributed by atoms with Crippen molar-refractivity contribution in [2.45, 2.75) is 0 Å². The quantitative estimate of drug-likeness (QED) is 0.150. The predicted octanol–water partition coefficient (Wildman–Crippen LogP) is 16.2.